The topological polar surface area (TPSA) is 53.8 Å². The molecule has 0 unspecified atom stereocenters. The number of likely N-dealkylation sites (tertiary alicyclic amines) is 1. The molecule has 0 atom stereocenters. The minimum atomic E-state index is -0.318. The lowest BCUT2D eigenvalue weighted by molar-refractivity contribution is -0.134. The normalized spacial score (nSPS) is 15.2. The van der Waals surface area contributed by atoms with Crippen LogP contribution in [-0.2, 0) is 4.79 Å². The third-order valence-electron chi connectivity index (χ3n) is 4.52. The Hall–Kier alpha value is -2.63. The van der Waals surface area contributed by atoms with E-state index in [1.807, 2.05) is 0 Å². The fourth-order valence-electron chi connectivity index (χ4n) is 3.07. The minimum absolute atomic E-state index is 0.0228. The van der Waals surface area contributed by atoms with Crippen molar-refractivity contribution in [2.24, 2.45) is 5.92 Å². The number of nitrogens with zero attached hydrogens (tertiary/aromatic N) is 2. The highest BCUT2D eigenvalue weighted by Crippen LogP contribution is 2.25. The zero-order valence-corrected chi connectivity index (χ0v) is 14.4. The molecule has 1 fully saturated rings. The van der Waals surface area contributed by atoms with E-state index in [0.717, 1.165) is 5.56 Å². The summed E-state index contributed by atoms with van der Waals surface area (Å²) in [6, 6.07) is 9.28. The smallest absolute Gasteiger partial charge is 0.289 e. The fourth-order valence-corrected chi connectivity index (χ4v) is 3.07. The van der Waals surface area contributed by atoms with E-state index in [9.17, 15) is 14.0 Å². The first-order valence-corrected chi connectivity index (χ1v) is 8.32. The number of benzene rings is 1. The molecule has 2 heterocycles. The van der Waals surface area contributed by atoms with Crippen molar-refractivity contribution in [3.8, 4) is 11.3 Å². The van der Waals surface area contributed by atoms with Gasteiger partial charge in [-0.2, -0.15) is 0 Å². The second-order valence-electron chi connectivity index (χ2n) is 6.47. The molecule has 0 bridgehead atoms. The van der Waals surface area contributed by atoms with Gasteiger partial charge in [0.05, 0.1) is 0 Å². The lowest BCUT2D eigenvalue weighted by Crippen LogP contribution is -2.42. The summed E-state index contributed by atoms with van der Waals surface area (Å²) < 4.78 is 18.6. The molecule has 1 aromatic carbocycles. The van der Waals surface area contributed by atoms with Gasteiger partial charge in [-0.25, -0.2) is 4.39 Å². The van der Waals surface area contributed by atoms with Crippen molar-refractivity contribution in [3.63, 3.8) is 0 Å². The summed E-state index contributed by atoms with van der Waals surface area (Å²) in [4.78, 5) is 27.9. The molecule has 25 heavy (non-hydrogen) atoms. The molecule has 2 aromatic rings. The highest BCUT2D eigenvalue weighted by atomic mass is 19.1. The molecular weight excluding hydrogens is 323 g/mol. The van der Waals surface area contributed by atoms with Gasteiger partial charge in [0, 0.05) is 38.7 Å². The minimum Gasteiger partial charge on any atom is -0.451 e. The van der Waals surface area contributed by atoms with E-state index in [-0.39, 0.29) is 29.3 Å². The molecule has 0 N–H and O–H groups in total. The SMILES string of the molecule is CN(C)C(=O)C1CCN(C(=O)c2ccc(-c3ccc(F)cc3)o2)CC1. The summed E-state index contributed by atoms with van der Waals surface area (Å²) in [6.45, 7) is 1.07. The summed E-state index contributed by atoms with van der Waals surface area (Å²) in [5, 5.41) is 0. The van der Waals surface area contributed by atoms with Crippen LogP contribution < -0.4 is 0 Å². The molecule has 3 rings (SSSR count). The van der Waals surface area contributed by atoms with Crippen LogP contribution in [0.15, 0.2) is 40.8 Å². The zero-order chi connectivity index (χ0) is 18.0. The van der Waals surface area contributed by atoms with Gasteiger partial charge in [-0.05, 0) is 49.2 Å². The maximum absolute atomic E-state index is 13.0. The van der Waals surface area contributed by atoms with E-state index in [2.05, 4.69) is 0 Å². The molecule has 0 radical (unpaired) electrons. The molecule has 5 nitrogen and oxygen atoms in total. The summed E-state index contributed by atoms with van der Waals surface area (Å²) >= 11 is 0. The summed E-state index contributed by atoms with van der Waals surface area (Å²) in [6.07, 6.45) is 1.32. The number of amides is 2. The average Bonchev–Trinajstić information content (AvgIpc) is 3.11. The van der Waals surface area contributed by atoms with Gasteiger partial charge in [0.15, 0.2) is 5.76 Å². The number of carbonyl (C=O) groups excluding carboxylic acids is 2. The Morgan fingerprint density at radius 1 is 1.08 bits per heavy atom. The van der Waals surface area contributed by atoms with E-state index in [4.69, 9.17) is 4.42 Å². The molecule has 0 saturated carbocycles. The van der Waals surface area contributed by atoms with Crippen LogP contribution in [0.2, 0.25) is 0 Å². The van der Waals surface area contributed by atoms with Gasteiger partial charge in [-0.1, -0.05) is 0 Å². The molecule has 1 aliphatic heterocycles. The molecular formula is C19H21FN2O3. The van der Waals surface area contributed by atoms with Gasteiger partial charge < -0.3 is 14.2 Å². The van der Waals surface area contributed by atoms with Crippen LogP contribution in [0.4, 0.5) is 4.39 Å². The average molecular weight is 344 g/mol. The number of hydrogen-bond acceptors (Lipinski definition) is 3. The van der Waals surface area contributed by atoms with Gasteiger partial charge in [0.2, 0.25) is 5.91 Å². The summed E-state index contributed by atoms with van der Waals surface area (Å²) in [5.41, 5.74) is 0.718. The number of piperidine rings is 1. The second kappa shape index (κ2) is 7.09. The first-order valence-electron chi connectivity index (χ1n) is 8.32. The van der Waals surface area contributed by atoms with Crippen LogP contribution in [0.5, 0.6) is 0 Å². The van der Waals surface area contributed by atoms with Crippen molar-refractivity contribution < 1.29 is 18.4 Å². The quantitative estimate of drug-likeness (QED) is 0.860. The Labute approximate surface area is 146 Å². The molecule has 0 aliphatic carbocycles. The number of halogens is 1. The molecule has 1 aliphatic rings. The van der Waals surface area contributed by atoms with Crippen molar-refractivity contribution in [1.29, 1.82) is 0 Å². The largest absolute Gasteiger partial charge is 0.451 e. The monoisotopic (exact) mass is 344 g/mol. The van der Waals surface area contributed by atoms with Gasteiger partial charge >= 0.3 is 0 Å². The zero-order valence-electron chi connectivity index (χ0n) is 14.4. The van der Waals surface area contributed by atoms with Crippen molar-refractivity contribution in [2.45, 2.75) is 12.8 Å². The number of furan rings is 1. The number of hydrogen-bond donors (Lipinski definition) is 0. The van der Waals surface area contributed by atoms with Crippen molar-refractivity contribution in [1.82, 2.24) is 9.80 Å². The third kappa shape index (κ3) is 3.73. The Bertz CT molecular complexity index is 759. The fraction of sp³-hybridized carbons (Fsp3) is 0.368. The predicted molar refractivity (Wildman–Crippen MR) is 91.4 cm³/mol. The van der Waals surface area contributed by atoms with Crippen LogP contribution in [0, 0.1) is 11.7 Å². The first kappa shape index (κ1) is 17.2. The lowest BCUT2D eigenvalue weighted by Gasteiger charge is -2.31. The molecule has 0 spiro atoms. The summed E-state index contributed by atoms with van der Waals surface area (Å²) in [7, 11) is 3.50. The van der Waals surface area contributed by atoms with E-state index in [1.165, 1.54) is 12.1 Å². The molecule has 132 valence electrons. The van der Waals surface area contributed by atoms with Crippen LogP contribution in [0.25, 0.3) is 11.3 Å². The van der Waals surface area contributed by atoms with Gasteiger partial charge in [0.1, 0.15) is 11.6 Å². The highest BCUT2D eigenvalue weighted by molar-refractivity contribution is 5.92. The molecule has 1 aromatic heterocycles. The maximum Gasteiger partial charge on any atom is 0.289 e. The predicted octanol–water partition coefficient (Wildman–Crippen LogP) is 3.03. The Morgan fingerprint density at radius 2 is 1.72 bits per heavy atom. The number of rotatable bonds is 3. The molecule has 2 amide bonds. The van der Waals surface area contributed by atoms with Crippen LogP contribution in [0.3, 0.4) is 0 Å². The molecule has 1 saturated heterocycles. The third-order valence-corrected chi connectivity index (χ3v) is 4.52. The van der Waals surface area contributed by atoms with Gasteiger partial charge in [0.25, 0.3) is 5.91 Å². The van der Waals surface area contributed by atoms with E-state index >= 15 is 0 Å². The first-order chi connectivity index (χ1) is 12.0. The van der Waals surface area contributed by atoms with E-state index in [1.54, 1.807) is 48.2 Å². The summed E-state index contributed by atoms with van der Waals surface area (Å²) in [5.74, 6) is 0.387. The lowest BCUT2D eigenvalue weighted by atomic mass is 9.95. The maximum atomic E-state index is 13.0. The van der Waals surface area contributed by atoms with Crippen LogP contribution in [-0.4, -0.2) is 48.8 Å². The standard InChI is InChI=1S/C19H21FN2O3/c1-21(2)18(23)14-9-11-22(12-10-14)19(24)17-8-7-16(25-17)13-3-5-15(20)6-4-13/h3-8,14H,9-12H2,1-2H3. The number of carbonyl (C=O) groups is 2. The van der Waals surface area contributed by atoms with Crippen molar-refractivity contribution >= 4 is 11.8 Å². The highest BCUT2D eigenvalue weighted by Gasteiger charge is 2.29. The van der Waals surface area contributed by atoms with E-state index < -0.39 is 0 Å². The Morgan fingerprint density at radius 3 is 2.32 bits per heavy atom. The van der Waals surface area contributed by atoms with Gasteiger partial charge in [-0.3, -0.25) is 9.59 Å². The van der Waals surface area contributed by atoms with Crippen molar-refractivity contribution in [2.75, 3.05) is 27.2 Å². The van der Waals surface area contributed by atoms with Gasteiger partial charge in [-0.15, -0.1) is 0 Å². The Balaban J connectivity index is 1.65. The van der Waals surface area contributed by atoms with Crippen LogP contribution >= 0.6 is 0 Å². The van der Waals surface area contributed by atoms with E-state index in [0.29, 0.717) is 31.7 Å². The second-order valence-corrected chi connectivity index (χ2v) is 6.47. The Kier molecular flexibility index (Phi) is 4.88. The molecule has 6 heteroatoms. The van der Waals surface area contributed by atoms with Crippen LogP contribution in [0.1, 0.15) is 23.4 Å². The van der Waals surface area contributed by atoms with Crippen molar-refractivity contribution in [3.05, 3.63) is 48.0 Å².